The number of carbonyl (C=O) groups excluding carboxylic acids is 1. The van der Waals surface area contributed by atoms with E-state index < -0.39 is 0 Å². The first-order valence-electron chi connectivity index (χ1n) is 7.54. The van der Waals surface area contributed by atoms with Crippen molar-refractivity contribution < 1.29 is 9.21 Å². The second-order valence-corrected chi connectivity index (χ2v) is 5.96. The predicted octanol–water partition coefficient (Wildman–Crippen LogP) is 2.92. The van der Waals surface area contributed by atoms with Crippen molar-refractivity contribution in [2.75, 3.05) is 5.32 Å². The largest absolute Gasteiger partial charge is 0.446 e. The number of hydrogen-bond acceptors (Lipinski definition) is 4. The zero-order valence-electron chi connectivity index (χ0n) is 12.2. The summed E-state index contributed by atoms with van der Waals surface area (Å²) < 4.78 is 5.25. The summed E-state index contributed by atoms with van der Waals surface area (Å²) in [6, 6.07) is 3.86. The number of fused-ring (bicyclic) bond motifs is 1. The molecule has 0 spiro atoms. The molecule has 1 aliphatic carbocycles. The lowest BCUT2D eigenvalue weighted by Crippen LogP contribution is -2.33. The van der Waals surface area contributed by atoms with Gasteiger partial charge in [-0.1, -0.05) is 0 Å². The lowest BCUT2D eigenvalue weighted by atomic mass is 9.79. The first-order valence-corrected chi connectivity index (χ1v) is 7.54. The predicted molar refractivity (Wildman–Crippen MR) is 81.7 cm³/mol. The van der Waals surface area contributed by atoms with Gasteiger partial charge in [0.15, 0.2) is 0 Å². The summed E-state index contributed by atoms with van der Waals surface area (Å²) in [6.07, 6.45) is 7.13. The second kappa shape index (κ2) is 5.85. The smallest absolute Gasteiger partial charge is 0.227 e. The standard InChI is InChI=1S/C16H21N3O2/c1-10(17)11-2-4-12(5-3-11)15(20)19-14-6-8-18-16-13(14)7-9-21-16/h6-12H,2-5,17H2,1H3,(H,18,19,20)/t10?,11-,12-. The van der Waals surface area contributed by atoms with Gasteiger partial charge in [-0.25, -0.2) is 4.98 Å². The number of nitrogens with two attached hydrogens (primary N) is 1. The number of amides is 1. The van der Waals surface area contributed by atoms with Gasteiger partial charge in [0.25, 0.3) is 0 Å². The van der Waals surface area contributed by atoms with E-state index in [2.05, 4.69) is 17.2 Å². The van der Waals surface area contributed by atoms with Crippen molar-refractivity contribution in [3.63, 3.8) is 0 Å². The maximum absolute atomic E-state index is 12.4. The van der Waals surface area contributed by atoms with Gasteiger partial charge in [0.05, 0.1) is 17.3 Å². The van der Waals surface area contributed by atoms with Gasteiger partial charge in [0.1, 0.15) is 0 Å². The van der Waals surface area contributed by atoms with Gasteiger partial charge < -0.3 is 15.5 Å². The molecule has 1 saturated carbocycles. The van der Waals surface area contributed by atoms with Gasteiger partial charge in [0, 0.05) is 18.2 Å². The van der Waals surface area contributed by atoms with Crippen molar-refractivity contribution in [1.29, 1.82) is 0 Å². The van der Waals surface area contributed by atoms with E-state index in [1.807, 2.05) is 12.1 Å². The van der Waals surface area contributed by atoms with Gasteiger partial charge in [-0.2, -0.15) is 0 Å². The highest BCUT2D eigenvalue weighted by Gasteiger charge is 2.28. The number of nitrogens with one attached hydrogen (secondary N) is 1. The minimum atomic E-state index is 0.0788. The minimum absolute atomic E-state index is 0.0788. The Morgan fingerprint density at radius 1 is 1.38 bits per heavy atom. The summed E-state index contributed by atoms with van der Waals surface area (Å²) in [7, 11) is 0. The highest BCUT2D eigenvalue weighted by Crippen LogP contribution is 2.31. The number of hydrogen-bond donors (Lipinski definition) is 2. The molecule has 0 bridgehead atoms. The molecule has 0 aliphatic heterocycles. The minimum Gasteiger partial charge on any atom is -0.446 e. The van der Waals surface area contributed by atoms with Crippen molar-refractivity contribution in [2.24, 2.45) is 17.6 Å². The maximum atomic E-state index is 12.4. The molecule has 3 N–H and O–H groups in total. The van der Waals surface area contributed by atoms with Gasteiger partial charge in [0.2, 0.25) is 11.6 Å². The van der Waals surface area contributed by atoms with E-state index in [0.717, 1.165) is 36.8 Å². The van der Waals surface area contributed by atoms with Crippen LogP contribution in [0.2, 0.25) is 0 Å². The molecule has 1 aliphatic rings. The zero-order chi connectivity index (χ0) is 14.8. The SMILES string of the molecule is CC(N)[C@H]1CC[C@H](C(=O)Nc2ccnc3occc23)CC1. The Hall–Kier alpha value is -1.88. The van der Waals surface area contributed by atoms with Crippen molar-refractivity contribution in [3.05, 3.63) is 24.6 Å². The summed E-state index contributed by atoms with van der Waals surface area (Å²) in [4.78, 5) is 16.5. The van der Waals surface area contributed by atoms with Crippen LogP contribution in [-0.2, 0) is 4.79 Å². The van der Waals surface area contributed by atoms with Crippen LogP contribution in [0.3, 0.4) is 0 Å². The molecule has 2 aromatic rings. The van der Waals surface area contributed by atoms with Crippen molar-refractivity contribution in [2.45, 2.75) is 38.6 Å². The average molecular weight is 287 g/mol. The molecule has 5 nitrogen and oxygen atoms in total. The van der Waals surface area contributed by atoms with Gasteiger partial charge in [-0.05, 0) is 50.7 Å². The van der Waals surface area contributed by atoms with Crippen LogP contribution < -0.4 is 11.1 Å². The van der Waals surface area contributed by atoms with Crippen LogP contribution in [0.5, 0.6) is 0 Å². The maximum Gasteiger partial charge on any atom is 0.227 e. The normalized spacial score (nSPS) is 23.9. The lowest BCUT2D eigenvalue weighted by molar-refractivity contribution is -0.121. The first kappa shape index (κ1) is 14.1. The zero-order valence-corrected chi connectivity index (χ0v) is 12.2. The van der Waals surface area contributed by atoms with Gasteiger partial charge in [-0.15, -0.1) is 0 Å². The van der Waals surface area contributed by atoms with Crippen LogP contribution in [-0.4, -0.2) is 16.9 Å². The summed E-state index contributed by atoms with van der Waals surface area (Å²) in [5, 5.41) is 3.86. The van der Waals surface area contributed by atoms with E-state index in [-0.39, 0.29) is 17.9 Å². The van der Waals surface area contributed by atoms with E-state index in [4.69, 9.17) is 10.2 Å². The van der Waals surface area contributed by atoms with E-state index in [1.54, 1.807) is 12.5 Å². The molecule has 21 heavy (non-hydrogen) atoms. The Morgan fingerprint density at radius 3 is 2.86 bits per heavy atom. The highest BCUT2D eigenvalue weighted by atomic mass is 16.3. The molecule has 1 unspecified atom stereocenters. The van der Waals surface area contributed by atoms with Crippen LogP contribution in [0.25, 0.3) is 11.1 Å². The van der Waals surface area contributed by atoms with Crippen LogP contribution in [0.1, 0.15) is 32.6 Å². The molecule has 1 atom stereocenters. The molecule has 1 fully saturated rings. The second-order valence-electron chi connectivity index (χ2n) is 5.96. The number of aromatic nitrogens is 1. The molecule has 5 heteroatoms. The van der Waals surface area contributed by atoms with Crippen molar-refractivity contribution >= 4 is 22.7 Å². The van der Waals surface area contributed by atoms with Gasteiger partial charge in [-0.3, -0.25) is 4.79 Å². The highest BCUT2D eigenvalue weighted by molar-refractivity contribution is 6.00. The van der Waals surface area contributed by atoms with E-state index >= 15 is 0 Å². The third kappa shape index (κ3) is 2.93. The Bertz CT molecular complexity index is 627. The molecule has 2 aromatic heterocycles. The summed E-state index contributed by atoms with van der Waals surface area (Å²) >= 11 is 0. The number of pyridine rings is 1. The Labute approximate surface area is 123 Å². The van der Waals surface area contributed by atoms with Crippen LogP contribution in [0, 0.1) is 11.8 Å². The monoisotopic (exact) mass is 287 g/mol. The number of anilines is 1. The summed E-state index contributed by atoms with van der Waals surface area (Å²) in [6.45, 7) is 2.05. The fourth-order valence-electron chi connectivity index (χ4n) is 3.13. The summed E-state index contributed by atoms with van der Waals surface area (Å²) in [5.41, 5.74) is 7.27. The van der Waals surface area contributed by atoms with E-state index in [0.29, 0.717) is 11.6 Å². The Balaban J connectivity index is 1.66. The third-order valence-corrected chi connectivity index (χ3v) is 4.51. The van der Waals surface area contributed by atoms with Crippen LogP contribution in [0.4, 0.5) is 5.69 Å². The van der Waals surface area contributed by atoms with Crippen LogP contribution in [0.15, 0.2) is 29.0 Å². The third-order valence-electron chi connectivity index (χ3n) is 4.51. The summed E-state index contributed by atoms with van der Waals surface area (Å²) in [5.74, 6) is 0.720. The van der Waals surface area contributed by atoms with Crippen molar-refractivity contribution in [1.82, 2.24) is 4.98 Å². The molecule has 2 heterocycles. The number of furan rings is 1. The first-order chi connectivity index (χ1) is 10.1. The van der Waals surface area contributed by atoms with E-state index in [1.165, 1.54) is 0 Å². The quantitative estimate of drug-likeness (QED) is 0.909. The fraction of sp³-hybridized carbons (Fsp3) is 0.500. The molecule has 112 valence electrons. The molecule has 1 amide bonds. The Kier molecular flexibility index (Phi) is 3.92. The molecular formula is C16H21N3O2. The number of nitrogens with zero attached hydrogens (tertiary/aromatic N) is 1. The lowest BCUT2D eigenvalue weighted by Gasteiger charge is -2.29. The van der Waals surface area contributed by atoms with Gasteiger partial charge >= 0.3 is 0 Å². The topological polar surface area (TPSA) is 81.2 Å². The molecule has 0 aromatic carbocycles. The number of rotatable bonds is 3. The molecule has 0 radical (unpaired) electrons. The molecular weight excluding hydrogens is 266 g/mol. The fourth-order valence-corrected chi connectivity index (χ4v) is 3.13. The Morgan fingerprint density at radius 2 is 2.14 bits per heavy atom. The molecule has 0 saturated heterocycles. The van der Waals surface area contributed by atoms with Crippen molar-refractivity contribution in [3.8, 4) is 0 Å². The number of carbonyl (C=O) groups is 1. The average Bonchev–Trinajstić information content (AvgIpc) is 2.97. The van der Waals surface area contributed by atoms with Crippen LogP contribution >= 0.6 is 0 Å². The van der Waals surface area contributed by atoms with E-state index in [9.17, 15) is 4.79 Å². The molecule has 3 rings (SSSR count).